The molecule has 0 saturated heterocycles. The van der Waals surface area contributed by atoms with E-state index in [0.29, 0.717) is 18.5 Å². The summed E-state index contributed by atoms with van der Waals surface area (Å²) >= 11 is 8.42. The highest BCUT2D eigenvalue weighted by molar-refractivity contribution is 9.11. The van der Waals surface area contributed by atoms with Crippen LogP contribution in [0.5, 0.6) is 0 Å². The van der Waals surface area contributed by atoms with Gasteiger partial charge < -0.3 is 5.32 Å². The molecule has 1 aromatic heterocycles. The predicted molar refractivity (Wildman–Crippen MR) is 115 cm³/mol. The topological polar surface area (TPSA) is 78.4 Å². The molecule has 0 unspecified atom stereocenters. The number of benzene rings is 1. The molecule has 0 atom stereocenters. The molecule has 0 spiro atoms. The smallest absolute Gasteiger partial charge is 0.251 e. The fraction of sp³-hybridized carbons (Fsp3) is 0.263. The second kappa shape index (κ2) is 11.4. The molecule has 0 fully saturated rings. The van der Waals surface area contributed by atoms with Gasteiger partial charge in [-0.3, -0.25) is 14.8 Å². The number of halogens is 2. The van der Waals surface area contributed by atoms with Crippen molar-refractivity contribution in [2.45, 2.75) is 25.7 Å². The van der Waals surface area contributed by atoms with Crippen LogP contribution >= 0.6 is 43.2 Å². The highest BCUT2D eigenvalue weighted by atomic mass is 79.9. The van der Waals surface area contributed by atoms with Crippen molar-refractivity contribution in [3.05, 3.63) is 55.1 Å². The predicted octanol–water partition coefficient (Wildman–Crippen LogP) is 5.00. The van der Waals surface area contributed by atoms with E-state index in [-0.39, 0.29) is 18.2 Å². The van der Waals surface area contributed by atoms with E-state index >= 15 is 0 Å². The van der Waals surface area contributed by atoms with E-state index in [1.807, 2.05) is 42.5 Å². The molecule has 27 heavy (non-hydrogen) atoms. The zero-order valence-corrected chi connectivity index (χ0v) is 18.5. The van der Waals surface area contributed by atoms with Crippen molar-refractivity contribution in [1.29, 1.82) is 0 Å². The van der Waals surface area contributed by atoms with Gasteiger partial charge in [-0.2, -0.15) is 0 Å². The van der Waals surface area contributed by atoms with Gasteiger partial charge >= 0.3 is 0 Å². The summed E-state index contributed by atoms with van der Waals surface area (Å²) in [6.07, 6.45) is 4.40. The van der Waals surface area contributed by atoms with Crippen LogP contribution in [-0.4, -0.2) is 23.6 Å². The molecule has 1 aromatic carbocycles. The Kier molecular flexibility index (Phi) is 9.20. The van der Waals surface area contributed by atoms with Crippen LogP contribution in [0.25, 0.3) is 11.6 Å². The minimum absolute atomic E-state index is 0.130. The lowest BCUT2D eigenvalue weighted by atomic mass is 10.0. The molecule has 1 heterocycles. The first kappa shape index (κ1) is 21.8. The average Bonchev–Trinajstić information content (AvgIpc) is 3.08. The maximum atomic E-state index is 12.7. The van der Waals surface area contributed by atoms with E-state index in [1.54, 1.807) is 16.8 Å². The van der Waals surface area contributed by atoms with Crippen LogP contribution < -0.4 is 10.8 Å². The van der Waals surface area contributed by atoms with Crippen LogP contribution in [0.4, 0.5) is 0 Å². The molecule has 0 aliphatic heterocycles. The molecular formula is C19H20Br2N2O3S. The zero-order chi connectivity index (χ0) is 19.6. The van der Waals surface area contributed by atoms with Crippen molar-refractivity contribution in [3.63, 3.8) is 0 Å². The number of unbranched alkanes of at least 4 members (excludes halogenated alkanes) is 2. The third-order valence-electron chi connectivity index (χ3n) is 3.77. The van der Waals surface area contributed by atoms with Gasteiger partial charge in [0, 0.05) is 27.9 Å². The quantitative estimate of drug-likeness (QED) is 0.190. The number of hydrogen-bond acceptors (Lipinski definition) is 4. The Morgan fingerprint density at radius 2 is 1.78 bits per heavy atom. The lowest BCUT2D eigenvalue weighted by molar-refractivity contribution is -0.129. The molecule has 0 bridgehead atoms. The number of thiophene rings is 1. The lowest BCUT2D eigenvalue weighted by Gasteiger charge is -2.10. The summed E-state index contributed by atoms with van der Waals surface area (Å²) in [7, 11) is 0. The van der Waals surface area contributed by atoms with E-state index in [0.717, 1.165) is 31.5 Å². The maximum Gasteiger partial charge on any atom is 0.251 e. The van der Waals surface area contributed by atoms with Crippen LogP contribution in [0, 0.1) is 0 Å². The molecule has 2 rings (SSSR count). The first-order chi connectivity index (χ1) is 13.0. The lowest BCUT2D eigenvalue weighted by Crippen LogP contribution is -2.25. The molecule has 144 valence electrons. The Bertz CT molecular complexity index is 804. The Balaban J connectivity index is 1.98. The summed E-state index contributed by atoms with van der Waals surface area (Å²) < 4.78 is 1.97. The Labute approximate surface area is 179 Å². The van der Waals surface area contributed by atoms with Gasteiger partial charge in [-0.25, -0.2) is 5.48 Å². The Morgan fingerprint density at radius 1 is 1.04 bits per heavy atom. The van der Waals surface area contributed by atoms with Gasteiger partial charge in [-0.1, -0.05) is 34.5 Å². The molecule has 0 aliphatic carbocycles. The van der Waals surface area contributed by atoms with Crippen molar-refractivity contribution in [2.24, 2.45) is 0 Å². The zero-order valence-electron chi connectivity index (χ0n) is 14.5. The number of carbonyl (C=O) groups is 2. The Hall–Kier alpha value is -1.48. The first-order valence-electron chi connectivity index (χ1n) is 8.43. The fourth-order valence-corrected chi connectivity index (χ4v) is 4.03. The second-order valence-electron chi connectivity index (χ2n) is 5.81. The molecular weight excluding hydrogens is 496 g/mol. The van der Waals surface area contributed by atoms with Crippen LogP contribution in [-0.2, 0) is 9.59 Å². The highest BCUT2D eigenvalue weighted by Gasteiger charge is 2.12. The number of amides is 2. The SMILES string of the molecule is O=C(CCCCCNC(=O)/C(=C/c1ccc(Br)s1)c1ccc(Br)cc1)NO. The van der Waals surface area contributed by atoms with Gasteiger partial charge in [0.2, 0.25) is 5.91 Å². The monoisotopic (exact) mass is 514 g/mol. The summed E-state index contributed by atoms with van der Waals surface area (Å²) in [5.74, 6) is -0.517. The molecule has 5 nitrogen and oxygen atoms in total. The van der Waals surface area contributed by atoms with Crippen LogP contribution in [0.15, 0.2) is 44.7 Å². The normalized spacial score (nSPS) is 11.3. The van der Waals surface area contributed by atoms with Crippen molar-refractivity contribution >= 4 is 66.7 Å². The van der Waals surface area contributed by atoms with Gasteiger partial charge in [-0.05, 0) is 64.7 Å². The summed E-state index contributed by atoms with van der Waals surface area (Å²) in [5.41, 5.74) is 3.07. The van der Waals surface area contributed by atoms with Gasteiger partial charge in [0.15, 0.2) is 0 Å². The molecule has 0 aliphatic rings. The van der Waals surface area contributed by atoms with Crippen molar-refractivity contribution in [2.75, 3.05) is 6.54 Å². The number of rotatable bonds is 9. The van der Waals surface area contributed by atoms with Crippen LogP contribution in [0.2, 0.25) is 0 Å². The van der Waals surface area contributed by atoms with Crippen LogP contribution in [0.1, 0.15) is 36.1 Å². The Morgan fingerprint density at radius 3 is 2.41 bits per heavy atom. The van der Waals surface area contributed by atoms with Gasteiger partial charge in [-0.15, -0.1) is 11.3 Å². The van der Waals surface area contributed by atoms with E-state index in [1.165, 1.54) is 0 Å². The average molecular weight is 516 g/mol. The van der Waals surface area contributed by atoms with Gasteiger partial charge in [0.1, 0.15) is 0 Å². The van der Waals surface area contributed by atoms with E-state index in [4.69, 9.17) is 5.21 Å². The third-order valence-corrected chi connectivity index (χ3v) is 5.87. The standard InChI is InChI=1S/C19H20Br2N2O3S/c20-14-7-5-13(6-8-14)16(12-15-9-10-17(21)27-15)19(25)22-11-3-1-2-4-18(24)23-26/h5-10,12,26H,1-4,11H2,(H,22,25)(H,23,24)/b16-12+. The van der Waals surface area contributed by atoms with Crippen LogP contribution in [0.3, 0.4) is 0 Å². The molecule has 0 radical (unpaired) electrons. The molecule has 8 heteroatoms. The largest absolute Gasteiger partial charge is 0.352 e. The molecule has 2 aromatic rings. The maximum absolute atomic E-state index is 12.7. The van der Waals surface area contributed by atoms with Gasteiger partial charge in [0.25, 0.3) is 5.91 Å². The summed E-state index contributed by atoms with van der Waals surface area (Å²) in [6, 6.07) is 11.6. The number of hydrogen-bond donors (Lipinski definition) is 3. The minimum Gasteiger partial charge on any atom is -0.352 e. The first-order valence-corrected chi connectivity index (χ1v) is 10.8. The summed E-state index contributed by atoms with van der Waals surface area (Å²) in [4.78, 5) is 24.7. The van der Waals surface area contributed by atoms with E-state index in [9.17, 15) is 9.59 Å². The molecule has 2 amide bonds. The van der Waals surface area contributed by atoms with Gasteiger partial charge in [0.05, 0.1) is 3.79 Å². The fourth-order valence-electron chi connectivity index (χ4n) is 2.40. The number of hydroxylamine groups is 1. The number of nitrogens with one attached hydrogen (secondary N) is 2. The van der Waals surface area contributed by atoms with Crippen molar-refractivity contribution < 1.29 is 14.8 Å². The van der Waals surface area contributed by atoms with E-state index < -0.39 is 0 Å². The van der Waals surface area contributed by atoms with Crippen molar-refractivity contribution in [3.8, 4) is 0 Å². The minimum atomic E-state index is -0.387. The summed E-state index contributed by atoms with van der Waals surface area (Å²) in [5, 5.41) is 11.4. The highest BCUT2D eigenvalue weighted by Crippen LogP contribution is 2.27. The van der Waals surface area contributed by atoms with E-state index in [2.05, 4.69) is 37.2 Å². The summed E-state index contributed by atoms with van der Waals surface area (Å²) in [6.45, 7) is 0.529. The second-order valence-corrected chi connectivity index (χ2v) is 9.22. The third kappa shape index (κ3) is 7.57. The van der Waals surface area contributed by atoms with Crippen molar-refractivity contribution in [1.82, 2.24) is 10.8 Å². The number of carbonyl (C=O) groups excluding carboxylic acids is 2. The molecule has 0 saturated carbocycles. The molecule has 3 N–H and O–H groups in total.